The Hall–Kier alpha value is 0.270. The molecule has 4 unspecified atom stereocenters. The van der Waals surface area contributed by atoms with E-state index >= 15 is 0 Å². The molecule has 0 spiro atoms. The molecule has 3 aliphatic rings. The molecule has 3 heteroatoms. The fourth-order valence-electron chi connectivity index (χ4n) is 4.05. The van der Waals surface area contributed by atoms with Crippen LogP contribution in [0, 0.1) is 0 Å². The molecule has 2 saturated heterocycles. The van der Waals surface area contributed by atoms with Crippen LogP contribution < -0.4 is 5.32 Å². The molecule has 0 aromatic rings. The van der Waals surface area contributed by atoms with Crippen LogP contribution in [0.25, 0.3) is 0 Å². The number of fused-ring (bicyclic) bond motifs is 1. The summed E-state index contributed by atoms with van der Waals surface area (Å²) in [5.74, 6) is 0. The predicted molar refractivity (Wildman–Crippen MR) is 75.7 cm³/mol. The predicted octanol–water partition coefficient (Wildman–Crippen LogP) is 2.49. The molecule has 4 atom stereocenters. The SMILES string of the molecule is CSC1CCC(NC2CCN3CCCCC23)C1. The third kappa shape index (κ3) is 2.66. The largest absolute Gasteiger partial charge is 0.310 e. The van der Waals surface area contributed by atoms with Crippen LogP contribution in [0.3, 0.4) is 0 Å². The highest BCUT2D eigenvalue weighted by Crippen LogP contribution is 2.32. The first-order valence-corrected chi connectivity index (χ1v) is 8.68. The maximum absolute atomic E-state index is 3.99. The number of piperidine rings is 1. The number of nitrogens with zero attached hydrogens (tertiary/aromatic N) is 1. The molecule has 98 valence electrons. The van der Waals surface area contributed by atoms with E-state index in [-0.39, 0.29) is 0 Å². The lowest BCUT2D eigenvalue weighted by molar-refractivity contribution is 0.176. The molecule has 3 fully saturated rings. The van der Waals surface area contributed by atoms with E-state index in [1.54, 1.807) is 0 Å². The van der Waals surface area contributed by atoms with E-state index < -0.39 is 0 Å². The van der Waals surface area contributed by atoms with Crippen molar-refractivity contribution < 1.29 is 0 Å². The summed E-state index contributed by atoms with van der Waals surface area (Å²) in [6.07, 6.45) is 12.2. The Morgan fingerprint density at radius 3 is 2.82 bits per heavy atom. The van der Waals surface area contributed by atoms with E-state index in [9.17, 15) is 0 Å². The van der Waals surface area contributed by atoms with Crippen LogP contribution >= 0.6 is 11.8 Å². The molecule has 2 aliphatic heterocycles. The van der Waals surface area contributed by atoms with Gasteiger partial charge in [0.05, 0.1) is 0 Å². The van der Waals surface area contributed by atoms with Gasteiger partial charge in [-0.05, 0) is 51.3 Å². The summed E-state index contributed by atoms with van der Waals surface area (Å²) in [5, 5.41) is 4.91. The highest BCUT2D eigenvalue weighted by Gasteiger charge is 2.37. The molecule has 0 radical (unpaired) electrons. The van der Waals surface area contributed by atoms with Crippen LogP contribution in [0.2, 0.25) is 0 Å². The van der Waals surface area contributed by atoms with Gasteiger partial charge < -0.3 is 5.32 Å². The summed E-state index contributed by atoms with van der Waals surface area (Å²) < 4.78 is 0. The van der Waals surface area contributed by atoms with E-state index in [0.29, 0.717) is 0 Å². The third-order valence-electron chi connectivity index (χ3n) is 5.02. The quantitative estimate of drug-likeness (QED) is 0.833. The first-order chi connectivity index (χ1) is 8.36. The molecule has 0 amide bonds. The van der Waals surface area contributed by atoms with Gasteiger partial charge in [0.1, 0.15) is 0 Å². The van der Waals surface area contributed by atoms with Crippen LogP contribution in [0.1, 0.15) is 44.9 Å². The zero-order valence-corrected chi connectivity index (χ0v) is 11.8. The molecule has 17 heavy (non-hydrogen) atoms. The Morgan fingerprint density at radius 1 is 1.06 bits per heavy atom. The molecule has 1 N–H and O–H groups in total. The molecule has 0 bridgehead atoms. The van der Waals surface area contributed by atoms with Gasteiger partial charge in [-0.1, -0.05) is 6.42 Å². The van der Waals surface area contributed by atoms with Gasteiger partial charge in [-0.25, -0.2) is 0 Å². The molecule has 0 aromatic carbocycles. The van der Waals surface area contributed by atoms with Crippen molar-refractivity contribution in [2.75, 3.05) is 19.3 Å². The number of rotatable bonds is 3. The lowest BCUT2D eigenvalue weighted by Gasteiger charge is -2.33. The summed E-state index contributed by atoms with van der Waals surface area (Å²) >= 11 is 2.07. The zero-order chi connectivity index (χ0) is 11.7. The van der Waals surface area contributed by atoms with Crippen molar-refractivity contribution in [3.8, 4) is 0 Å². The van der Waals surface area contributed by atoms with E-state index in [1.165, 1.54) is 58.0 Å². The average molecular weight is 254 g/mol. The number of nitrogens with one attached hydrogen (secondary N) is 1. The summed E-state index contributed by atoms with van der Waals surface area (Å²) in [4.78, 5) is 2.74. The Labute approximate surface area is 110 Å². The van der Waals surface area contributed by atoms with Crippen molar-refractivity contribution in [2.45, 2.75) is 68.3 Å². The van der Waals surface area contributed by atoms with Gasteiger partial charge in [-0.3, -0.25) is 4.90 Å². The van der Waals surface area contributed by atoms with Gasteiger partial charge in [0, 0.05) is 29.9 Å². The number of hydrogen-bond donors (Lipinski definition) is 1. The smallest absolute Gasteiger partial charge is 0.0249 e. The van der Waals surface area contributed by atoms with Gasteiger partial charge in [-0.15, -0.1) is 0 Å². The summed E-state index contributed by atoms with van der Waals surface area (Å²) in [6, 6.07) is 2.50. The van der Waals surface area contributed by atoms with Crippen LogP contribution in [-0.2, 0) is 0 Å². The minimum atomic E-state index is 0.806. The van der Waals surface area contributed by atoms with Crippen molar-refractivity contribution >= 4 is 11.8 Å². The second kappa shape index (κ2) is 5.50. The fourth-order valence-corrected chi connectivity index (χ4v) is 4.85. The lowest BCUT2D eigenvalue weighted by Crippen LogP contribution is -2.47. The highest BCUT2D eigenvalue weighted by molar-refractivity contribution is 7.99. The maximum Gasteiger partial charge on any atom is 0.0249 e. The van der Waals surface area contributed by atoms with E-state index in [1.807, 2.05) is 0 Å². The molecule has 1 aliphatic carbocycles. The molecule has 2 nitrogen and oxygen atoms in total. The standard InChI is InChI=1S/C14H26N2S/c1-17-12-6-5-11(10-12)15-13-7-9-16-8-3-2-4-14(13)16/h11-15H,2-10H2,1H3. The Balaban J connectivity index is 1.52. The summed E-state index contributed by atoms with van der Waals surface area (Å²) in [6.45, 7) is 2.71. The fraction of sp³-hybridized carbons (Fsp3) is 1.00. The van der Waals surface area contributed by atoms with Crippen molar-refractivity contribution in [2.24, 2.45) is 0 Å². The van der Waals surface area contributed by atoms with Crippen LogP contribution in [0.4, 0.5) is 0 Å². The zero-order valence-electron chi connectivity index (χ0n) is 11.0. The van der Waals surface area contributed by atoms with Crippen molar-refractivity contribution in [1.29, 1.82) is 0 Å². The Kier molecular flexibility index (Phi) is 3.98. The second-order valence-electron chi connectivity index (χ2n) is 6.03. The minimum absolute atomic E-state index is 0.806. The molecule has 0 aromatic heterocycles. The lowest BCUT2D eigenvalue weighted by atomic mass is 9.98. The van der Waals surface area contributed by atoms with E-state index in [4.69, 9.17) is 0 Å². The Bertz CT molecular complexity index is 259. The van der Waals surface area contributed by atoms with Crippen LogP contribution in [-0.4, -0.2) is 47.6 Å². The number of thioether (sulfide) groups is 1. The molecule has 3 rings (SSSR count). The maximum atomic E-state index is 3.99. The normalized spacial score (nSPS) is 42.9. The van der Waals surface area contributed by atoms with Crippen molar-refractivity contribution in [1.82, 2.24) is 10.2 Å². The minimum Gasteiger partial charge on any atom is -0.310 e. The summed E-state index contributed by atoms with van der Waals surface area (Å²) in [7, 11) is 0. The topological polar surface area (TPSA) is 15.3 Å². The second-order valence-corrected chi connectivity index (χ2v) is 7.17. The molecular formula is C14H26N2S. The molecule has 1 saturated carbocycles. The first kappa shape index (κ1) is 12.3. The van der Waals surface area contributed by atoms with Gasteiger partial charge in [0.15, 0.2) is 0 Å². The van der Waals surface area contributed by atoms with Gasteiger partial charge in [0.25, 0.3) is 0 Å². The van der Waals surface area contributed by atoms with Gasteiger partial charge in [0.2, 0.25) is 0 Å². The third-order valence-corrected chi connectivity index (χ3v) is 6.12. The molecular weight excluding hydrogens is 228 g/mol. The van der Waals surface area contributed by atoms with Crippen LogP contribution in [0.15, 0.2) is 0 Å². The van der Waals surface area contributed by atoms with Gasteiger partial charge >= 0.3 is 0 Å². The number of hydrogen-bond acceptors (Lipinski definition) is 3. The van der Waals surface area contributed by atoms with Crippen LogP contribution in [0.5, 0.6) is 0 Å². The highest BCUT2D eigenvalue weighted by atomic mass is 32.2. The van der Waals surface area contributed by atoms with Gasteiger partial charge in [-0.2, -0.15) is 11.8 Å². The van der Waals surface area contributed by atoms with Crippen molar-refractivity contribution in [3.63, 3.8) is 0 Å². The average Bonchev–Trinajstić information content (AvgIpc) is 2.97. The summed E-state index contributed by atoms with van der Waals surface area (Å²) in [5.41, 5.74) is 0. The van der Waals surface area contributed by atoms with Crippen molar-refractivity contribution in [3.05, 3.63) is 0 Å². The van der Waals surface area contributed by atoms with E-state index in [2.05, 4.69) is 28.2 Å². The monoisotopic (exact) mass is 254 g/mol. The first-order valence-electron chi connectivity index (χ1n) is 7.39. The Morgan fingerprint density at radius 2 is 2.00 bits per heavy atom. The molecule has 2 heterocycles. The van der Waals surface area contributed by atoms with E-state index in [0.717, 1.165) is 23.4 Å².